The maximum atomic E-state index is 11.1. The molecule has 0 aliphatic carbocycles. The van der Waals surface area contributed by atoms with Crippen molar-refractivity contribution >= 4 is 11.7 Å². The van der Waals surface area contributed by atoms with Crippen molar-refractivity contribution < 1.29 is 4.79 Å². The Kier molecular flexibility index (Phi) is 5.58. The van der Waals surface area contributed by atoms with E-state index >= 15 is 0 Å². The molecule has 5 nitrogen and oxygen atoms in total. The van der Waals surface area contributed by atoms with Gasteiger partial charge >= 0.3 is 0 Å². The number of pyridine rings is 1. The smallest absolute Gasteiger partial charge is 0.231 e. The van der Waals surface area contributed by atoms with E-state index in [1.807, 2.05) is 24.1 Å². The SMILES string of the molecule is CNc1ncccc1CN(CC(N)=O)CC(C)C. The number of nitrogens with zero attached hydrogens (tertiary/aromatic N) is 2. The molecule has 0 atom stereocenters. The first-order valence-corrected chi connectivity index (χ1v) is 6.15. The number of hydrogen-bond acceptors (Lipinski definition) is 4. The summed E-state index contributed by atoms with van der Waals surface area (Å²) in [7, 11) is 1.84. The molecule has 0 saturated carbocycles. The van der Waals surface area contributed by atoms with Gasteiger partial charge in [-0.15, -0.1) is 0 Å². The highest BCUT2D eigenvalue weighted by Gasteiger charge is 2.13. The van der Waals surface area contributed by atoms with Crippen molar-refractivity contribution in [1.29, 1.82) is 0 Å². The molecule has 1 amide bonds. The fraction of sp³-hybridized carbons (Fsp3) is 0.538. The van der Waals surface area contributed by atoms with E-state index < -0.39 is 0 Å². The molecule has 18 heavy (non-hydrogen) atoms. The summed E-state index contributed by atoms with van der Waals surface area (Å²) in [5.74, 6) is 1.03. The van der Waals surface area contributed by atoms with Crippen molar-refractivity contribution in [3.8, 4) is 0 Å². The summed E-state index contributed by atoms with van der Waals surface area (Å²) < 4.78 is 0. The molecule has 0 aliphatic heterocycles. The Hall–Kier alpha value is -1.62. The first-order chi connectivity index (χ1) is 8.52. The van der Waals surface area contributed by atoms with Gasteiger partial charge in [-0.1, -0.05) is 19.9 Å². The molecule has 0 saturated heterocycles. The summed E-state index contributed by atoms with van der Waals surface area (Å²) in [6, 6.07) is 3.90. The second-order valence-corrected chi connectivity index (χ2v) is 4.79. The normalized spacial score (nSPS) is 10.9. The van der Waals surface area contributed by atoms with Gasteiger partial charge in [-0.05, 0) is 12.0 Å². The topological polar surface area (TPSA) is 71.2 Å². The van der Waals surface area contributed by atoms with Crippen molar-refractivity contribution in [3.05, 3.63) is 23.9 Å². The number of carbonyl (C=O) groups excluding carboxylic acids is 1. The highest BCUT2D eigenvalue weighted by Crippen LogP contribution is 2.14. The minimum Gasteiger partial charge on any atom is -0.373 e. The second-order valence-electron chi connectivity index (χ2n) is 4.79. The largest absolute Gasteiger partial charge is 0.373 e. The molecule has 0 aromatic carbocycles. The van der Waals surface area contributed by atoms with Crippen LogP contribution in [0, 0.1) is 5.92 Å². The van der Waals surface area contributed by atoms with Crippen LogP contribution in [0.1, 0.15) is 19.4 Å². The predicted molar refractivity (Wildman–Crippen MR) is 73.1 cm³/mol. The first-order valence-electron chi connectivity index (χ1n) is 6.15. The zero-order chi connectivity index (χ0) is 13.5. The van der Waals surface area contributed by atoms with Crippen LogP contribution in [0.2, 0.25) is 0 Å². The molecule has 1 heterocycles. The number of amides is 1. The third kappa shape index (κ3) is 4.71. The molecule has 100 valence electrons. The molecule has 3 N–H and O–H groups in total. The van der Waals surface area contributed by atoms with Crippen LogP contribution >= 0.6 is 0 Å². The number of rotatable bonds is 7. The van der Waals surface area contributed by atoms with Gasteiger partial charge in [0.15, 0.2) is 0 Å². The average molecular weight is 250 g/mol. The van der Waals surface area contributed by atoms with Crippen molar-refractivity contribution in [2.24, 2.45) is 11.7 Å². The zero-order valence-electron chi connectivity index (χ0n) is 11.3. The van der Waals surface area contributed by atoms with Crippen LogP contribution in [-0.2, 0) is 11.3 Å². The number of anilines is 1. The molecular formula is C13H22N4O. The van der Waals surface area contributed by atoms with E-state index in [-0.39, 0.29) is 12.5 Å². The minimum absolute atomic E-state index is 0.274. The van der Waals surface area contributed by atoms with E-state index in [1.165, 1.54) is 0 Å². The molecule has 0 radical (unpaired) electrons. The lowest BCUT2D eigenvalue weighted by atomic mass is 10.1. The third-order valence-electron chi connectivity index (χ3n) is 2.52. The van der Waals surface area contributed by atoms with Crippen LogP contribution in [0.25, 0.3) is 0 Å². The minimum atomic E-state index is -0.300. The van der Waals surface area contributed by atoms with Gasteiger partial charge in [-0.25, -0.2) is 4.98 Å². The Morgan fingerprint density at radius 2 is 2.28 bits per heavy atom. The molecule has 1 aromatic rings. The summed E-state index contributed by atoms with van der Waals surface area (Å²) >= 11 is 0. The fourth-order valence-corrected chi connectivity index (χ4v) is 1.95. The van der Waals surface area contributed by atoms with Crippen LogP contribution in [0.15, 0.2) is 18.3 Å². The van der Waals surface area contributed by atoms with Gasteiger partial charge in [0.1, 0.15) is 5.82 Å². The Morgan fingerprint density at radius 1 is 1.56 bits per heavy atom. The van der Waals surface area contributed by atoms with E-state index in [1.54, 1.807) is 6.20 Å². The monoisotopic (exact) mass is 250 g/mol. The molecule has 5 heteroatoms. The molecule has 0 aliphatic rings. The number of aromatic nitrogens is 1. The zero-order valence-corrected chi connectivity index (χ0v) is 11.3. The molecule has 0 spiro atoms. The molecule has 1 rings (SSSR count). The number of nitrogens with one attached hydrogen (secondary N) is 1. The molecule has 1 aromatic heterocycles. The van der Waals surface area contributed by atoms with Crippen molar-refractivity contribution in [1.82, 2.24) is 9.88 Å². The number of primary amides is 1. The molecule has 0 unspecified atom stereocenters. The van der Waals surface area contributed by atoms with E-state index in [4.69, 9.17) is 5.73 Å². The van der Waals surface area contributed by atoms with Gasteiger partial charge in [0, 0.05) is 31.9 Å². The highest BCUT2D eigenvalue weighted by molar-refractivity contribution is 5.75. The Labute approximate surface area is 108 Å². The summed E-state index contributed by atoms with van der Waals surface area (Å²) in [4.78, 5) is 17.4. The summed E-state index contributed by atoms with van der Waals surface area (Å²) in [5.41, 5.74) is 6.35. The van der Waals surface area contributed by atoms with Crippen molar-refractivity contribution in [3.63, 3.8) is 0 Å². The van der Waals surface area contributed by atoms with Crippen LogP contribution in [0.5, 0.6) is 0 Å². The fourth-order valence-electron chi connectivity index (χ4n) is 1.95. The number of carbonyl (C=O) groups is 1. The Bertz CT molecular complexity index is 392. The summed E-state index contributed by atoms with van der Waals surface area (Å²) in [5, 5.41) is 3.05. The quantitative estimate of drug-likeness (QED) is 0.759. The first kappa shape index (κ1) is 14.4. The van der Waals surface area contributed by atoms with E-state index in [0.717, 1.165) is 17.9 Å². The van der Waals surface area contributed by atoms with Gasteiger partial charge in [-0.2, -0.15) is 0 Å². The maximum Gasteiger partial charge on any atom is 0.231 e. The second kappa shape index (κ2) is 6.96. The molecular weight excluding hydrogens is 228 g/mol. The van der Waals surface area contributed by atoms with Gasteiger partial charge < -0.3 is 11.1 Å². The third-order valence-corrected chi connectivity index (χ3v) is 2.52. The van der Waals surface area contributed by atoms with Gasteiger partial charge in [0.25, 0.3) is 0 Å². The summed E-state index contributed by atoms with van der Waals surface area (Å²) in [6.07, 6.45) is 1.75. The van der Waals surface area contributed by atoms with E-state index in [9.17, 15) is 4.79 Å². The van der Waals surface area contributed by atoms with Crippen molar-refractivity contribution in [2.75, 3.05) is 25.5 Å². The van der Waals surface area contributed by atoms with Crippen LogP contribution < -0.4 is 11.1 Å². The number of hydrogen-bond donors (Lipinski definition) is 2. The van der Waals surface area contributed by atoms with Crippen LogP contribution in [-0.4, -0.2) is 35.9 Å². The highest BCUT2D eigenvalue weighted by atomic mass is 16.1. The lowest BCUT2D eigenvalue weighted by Gasteiger charge is -2.23. The van der Waals surface area contributed by atoms with Gasteiger partial charge in [-0.3, -0.25) is 9.69 Å². The standard InChI is InChI=1S/C13H22N4O/c1-10(2)7-17(9-12(14)18)8-11-5-4-6-16-13(11)15-3/h4-6,10H,7-9H2,1-3H3,(H2,14,18)(H,15,16). The molecule has 0 bridgehead atoms. The van der Waals surface area contributed by atoms with Gasteiger partial charge in [0.05, 0.1) is 6.54 Å². The Balaban J connectivity index is 2.77. The maximum absolute atomic E-state index is 11.1. The predicted octanol–water partition coefficient (Wildman–Crippen LogP) is 1.07. The molecule has 0 fully saturated rings. The summed E-state index contributed by atoms with van der Waals surface area (Å²) in [6.45, 7) is 6.02. The van der Waals surface area contributed by atoms with E-state index in [0.29, 0.717) is 12.5 Å². The van der Waals surface area contributed by atoms with Crippen LogP contribution in [0.3, 0.4) is 0 Å². The van der Waals surface area contributed by atoms with Gasteiger partial charge in [0.2, 0.25) is 5.91 Å². The lowest BCUT2D eigenvalue weighted by molar-refractivity contribution is -0.119. The van der Waals surface area contributed by atoms with Crippen LogP contribution in [0.4, 0.5) is 5.82 Å². The van der Waals surface area contributed by atoms with E-state index in [2.05, 4.69) is 24.1 Å². The lowest BCUT2D eigenvalue weighted by Crippen LogP contribution is -2.36. The number of nitrogens with two attached hydrogens (primary N) is 1. The average Bonchev–Trinajstić information content (AvgIpc) is 2.27. The van der Waals surface area contributed by atoms with Crippen molar-refractivity contribution in [2.45, 2.75) is 20.4 Å². The Morgan fingerprint density at radius 3 is 2.83 bits per heavy atom.